The van der Waals surface area contributed by atoms with Crippen LogP contribution in [0.4, 0.5) is 0 Å². The summed E-state index contributed by atoms with van der Waals surface area (Å²) in [7, 11) is -3.75. The molecule has 4 nitrogen and oxygen atoms in total. The second kappa shape index (κ2) is 6.10. The Morgan fingerprint density at radius 2 is 1.62 bits per heavy atom. The molecule has 5 heteroatoms. The van der Waals surface area contributed by atoms with Crippen molar-refractivity contribution in [3.05, 3.63) is 65.7 Å². The van der Waals surface area contributed by atoms with E-state index in [4.69, 9.17) is 5.11 Å². The number of carbonyl (C=O) groups is 1. The maximum Gasteiger partial charge on any atom is 0.305 e. The molecule has 0 saturated heterocycles. The van der Waals surface area contributed by atoms with Gasteiger partial charge in [-0.2, -0.15) is 0 Å². The molecule has 21 heavy (non-hydrogen) atoms. The van der Waals surface area contributed by atoms with E-state index < -0.39 is 27.5 Å². The number of hydrogen-bond donors (Lipinski definition) is 1. The minimum absolute atomic E-state index is 0.142. The van der Waals surface area contributed by atoms with Gasteiger partial charge in [-0.15, -0.1) is 0 Å². The quantitative estimate of drug-likeness (QED) is 0.921. The molecule has 2 aromatic rings. The van der Waals surface area contributed by atoms with Crippen molar-refractivity contribution in [2.24, 2.45) is 0 Å². The summed E-state index contributed by atoms with van der Waals surface area (Å²) >= 11 is 0. The summed E-state index contributed by atoms with van der Waals surface area (Å²) < 4.78 is 25.4. The molecule has 2 rings (SSSR count). The van der Waals surface area contributed by atoms with Crippen LogP contribution in [-0.4, -0.2) is 19.5 Å². The summed E-state index contributed by atoms with van der Waals surface area (Å²) in [5, 5.41) is 7.95. The van der Waals surface area contributed by atoms with E-state index in [1.807, 2.05) is 6.92 Å². The zero-order valence-corrected chi connectivity index (χ0v) is 12.4. The van der Waals surface area contributed by atoms with Gasteiger partial charge in [-0.25, -0.2) is 8.42 Å². The standard InChI is InChI=1S/C16H16O4S/c1-12-7-9-14(10-8-12)21(19,20)15(11-16(17)18)13-5-3-2-4-6-13/h2-10,15H,11H2,1H3,(H,17,18). The van der Waals surface area contributed by atoms with Crippen LogP contribution in [0.15, 0.2) is 59.5 Å². The van der Waals surface area contributed by atoms with Crippen LogP contribution >= 0.6 is 0 Å². The van der Waals surface area contributed by atoms with Gasteiger partial charge in [0, 0.05) is 0 Å². The number of hydrogen-bond acceptors (Lipinski definition) is 3. The van der Waals surface area contributed by atoms with E-state index in [2.05, 4.69) is 0 Å². The topological polar surface area (TPSA) is 71.4 Å². The smallest absolute Gasteiger partial charge is 0.305 e. The molecule has 0 aliphatic carbocycles. The third-order valence-corrected chi connectivity index (χ3v) is 5.37. The monoisotopic (exact) mass is 304 g/mol. The van der Waals surface area contributed by atoms with E-state index in [1.165, 1.54) is 12.1 Å². The lowest BCUT2D eigenvalue weighted by molar-refractivity contribution is -0.137. The van der Waals surface area contributed by atoms with Crippen LogP contribution < -0.4 is 0 Å². The third-order valence-electron chi connectivity index (χ3n) is 3.26. The van der Waals surface area contributed by atoms with E-state index in [0.717, 1.165) is 5.56 Å². The van der Waals surface area contributed by atoms with Gasteiger partial charge in [0.2, 0.25) is 0 Å². The Morgan fingerprint density at radius 3 is 2.14 bits per heavy atom. The Bertz CT molecular complexity index is 719. The number of aliphatic carboxylic acids is 1. The van der Waals surface area contributed by atoms with Crippen molar-refractivity contribution in [3.8, 4) is 0 Å². The lowest BCUT2D eigenvalue weighted by Crippen LogP contribution is -2.17. The van der Waals surface area contributed by atoms with Gasteiger partial charge in [-0.1, -0.05) is 48.0 Å². The highest BCUT2D eigenvalue weighted by atomic mass is 32.2. The molecule has 0 aliphatic rings. The van der Waals surface area contributed by atoms with Crippen molar-refractivity contribution in [3.63, 3.8) is 0 Å². The van der Waals surface area contributed by atoms with Crippen LogP contribution in [0, 0.1) is 6.92 Å². The van der Waals surface area contributed by atoms with E-state index in [-0.39, 0.29) is 4.90 Å². The molecule has 110 valence electrons. The highest BCUT2D eigenvalue weighted by Crippen LogP contribution is 2.31. The molecule has 0 amide bonds. The number of benzene rings is 2. The van der Waals surface area contributed by atoms with Gasteiger partial charge in [-0.05, 0) is 24.6 Å². The average Bonchev–Trinajstić information content (AvgIpc) is 2.46. The SMILES string of the molecule is Cc1ccc(S(=O)(=O)C(CC(=O)O)c2ccccc2)cc1. The average molecular weight is 304 g/mol. The first-order chi connectivity index (χ1) is 9.91. The van der Waals surface area contributed by atoms with Crippen molar-refractivity contribution in [1.82, 2.24) is 0 Å². The second-order valence-corrected chi connectivity index (χ2v) is 6.99. The maximum absolute atomic E-state index is 12.7. The third kappa shape index (κ3) is 3.49. The van der Waals surface area contributed by atoms with Crippen LogP contribution in [0.1, 0.15) is 22.8 Å². The van der Waals surface area contributed by atoms with Crippen LogP contribution in [0.3, 0.4) is 0 Å². The molecule has 0 bridgehead atoms. The number of carboxylic acids is 1. The summed E-state index contributed by atoms with van der Waals surface area (Å²) in [6, 6.07) is 14.9. The zero-order valence-electron chi connectivity index (χ0n) is 11.6. The summed E-state index contributed by atoms with van der Waals surface area (Å²) in [5.74, 6) is -1.14. The summed E-state index contributed by atoms with van der Waals surface area (Å²) in [5.41, 5.74) is 1.43. The highest BCUT2D eigenvalue weighted by Gasteiger charge is 2.31. The Balaban J connectivity index is 2.49. The molecular weight excluding hydrogens is 288 g/mol. The Hall–Kier alpha value is -2.14. The van der Waals surface area contributed by atoms with Crippen molar-refractivity contribution in [1.29, 1.82) is 0 Å². The van der Waals surface area contributed by atoms with Gasteiger partial charge in [0.25, 0.3) is 0 Å². The van der Waals surface area contributed by atoms with E-state index in [9.17, 15) is 13.2 Å². The summed E-state index contributed by atoms with van der Waals surface area (Å²) in [4.78, 5) is 11.2. The molecule has 1 atom stereocenters. The first-order valence-corrected chi connectivity index (χ1v) is 8.03. The summed E-state index contributed by atoms with van der Waals surface area (Å²) in [6.45, 7) is 1.86. The van der Waals surface area contributed by atoms with Gasteiger partial charge < -0.3 is 5.11 Å². The van der Waals surface area contributed by atoms with Crippen molar-refractivity contribution in [2.75, 3.05) is 0 Å². The van der Waals surface area contributed by atoms with Gasteiger partial charge in [0.05, 0.1) is 11.3 Å². The molecule has 0 heterocycles. The van der Waals surface area contributed by atoms with Gasteiger partial charge in [0.1, 0.15) is 5.25 Å². The van der Waals surface area contributed by atoms with Crippen molar-refractivity contribution in [2.45, 2.75) is 23.5 Å². The molecule has 0 spiro atoms. The number of rotatable bonds is 5. The fourth-order valence-electron chi connectivity index (χ4n) is 2.13. The second-order valence-electron chi connectivity index (χ2n) is 4.86. The molecule has 1 unspecified atom stereocenters. The molecule has 1 N–H and O–H groups in total. The van der Waals surface area contributed by atoms with E-state index in [1.54, 1.807) is 42.5 Å². The Labute approximate surface area is 124 Å². The fourth-order valence-corrected chi connectivity index (χ4v) is 3.85. The van der Waals surface area contributed by atoms with Gasteiger partial charge in [0.15, 0.2) is 9.84 Å². The molecular formula is C16H16O4S. The Kier molecular flexibility index (Phi) is 4.43. The molecule has 0 saturated carbocycles. The number of sulfone groups is 1. The van der Waals surface area contributed by atoms with Crippen molar-refractivity contribution < 1.29 is 18.3 Å². The highest BCUT2D eigenvalue weighted by molar-refractivity contribution is 7.91. The molecule has 0 radical (unpaired) electrons. The van der Waals surface area contributed by atoms with Crippen LogP contribution in [0.2, 0.25) is 0 Å². The number of aryl methyl sites for hydroxylation is 1. The molecule has 0 aliphatic heterocycles. The van der Waals surface area contributed by atoms with Gasteiger partial charge in [-0.3, -0.25) is 4.79 Å². The van der Waals surface area contributed by atoms with E-state index >= 15 is 0 Å². The largest absolute Gasteiger partial charge is 0.481 e. The Morgan fingerprint density at radius 1 is 1.05 bits per heavy atom. The first-order valence-electron chi connectivity index (χ1n) is 6.48. The predicted octanol–water partition coefficient (Wildman–Crippen LogP) is 2.98. The first kappa shape index (κ1) is 15.3. The zero-order chi connectivity index (χ0) is 15.5. The molecule has 0 aromatic heterocycles. The van der Waals surface area contributed by atoms with Crippen LogP contribution in [-0.2, 0) is 14.6 Å². The number of carboxylic acid groups (broad SMARTS) is 1. The maximum atomic E-state index is 12.7. The minimum atomic E-state index is -3.75. The van der Waals surface area contributed by atoms with Crippen molar-refractivity contribution >= 4 is 15.8 Å². The van der Waals surface area contributed by atoms with Gasteiger partial charge >= 0.3 is 5.97 Å². The lowest BCUT2D eigenvalue weighted by atomic mass is 10.1. The summed E-state index contributed by atoms with van der Waals surface area (Å²) in [6.07, 6.45) is -0.458. The molecule has 0 fully saturated rings. The normalized spacial score (nSPS) is 12.8. The van der Waals surface area contributed by atoms with E-state index in [0.29, 0.717) is 5.56 Å². The fraction of sp³-hybridized carbons (Fsp3) is 0.188. The predicted molar refractivity (Wildman–Crippen MR) is 79.8 cm³/mol. The minimum Gasteiger partial charge on any atom is -0.481 e. The lowest BCUT2D eigenvalue weighted by Gasteiger charge is -2.16. The van der Waals surface area contributed by atoms with Crippen LogP contribution in [0.25, 0.3) is 0 Å². The molecule has 2 aromatic carbocycles. The van der Waals surface area contributed by atoms with Crippen LogP contribution in [0.5, 0.6) is 0 Å².